The van der Waals surface area contributed by atoms with Gasteiger partial charge in [-0.05, 0) is 19.9 Å². The fourth-order valence-electron chi connectivity index (χ4n) is 0.579. The highest BCUT2D eigenvalue weighted by Crippen LogP contribution is 2.25. The molecule has 1 aromatic rings. The summed E-state index contributed by atoms with van der Waals surface area (Å²) in [6.07, 6.45) is 4.38. The number of nitrogens with zero attached hydrogens (tertiary/aromatic N) is 2. The van der Waals surface area contributed by atoms with Crippen molar-refractivity contribution in [2.24, 2.45) is 0 Å². The van der Waals surface area contributed by atoms with Crippen molar-refractivity contribution in [2.45, 2.75) is 19.1 Å². The Morgan fingerprint density at radius 2 is 2.40 bits per heavy atom. The number of hydrogen-bond acceptors (Lipinski definition) is 2. The van der Waals surface area contributed by atoms with Gasteiger partial charge in [-0.2, -0.15) is 5.10 Å². The molecule has 0 N–H and O–H groups in total. The molecule has 0 atom stereocenters. The Morgan fingerprint density at radius 3 is 2.80 bits per heavy atom. The van der Waals surface area contributed by atoms with E-state index in [1.54, 1.807) is 16.9 Å². The highest BCUT2D eigenvalue weighted by molar-refractivity contribution is 7.24. The van der Waals surface area contributed by atoms with Crippen molar-refractivity contribution in [3.8, 4) is 0 Å². The Bertz CT molecular complexity index is 218. The molecule has 10 heavy (non-hydrogen) atoms. The summed E-state index contributed by atoms with van der Waals surface area (Å²) in [7, 11) is 0.0623. The van der Waals surface area contributed by atoms with E-state index in [1.165, 1.54) is 0 Å². The maximum atomic E-state index is 10.5. The topological polar surface area (TPSA) is 34.9 Å². The minimum Gasteiger partial charge on any atom is -0.272 e. The van der Waals surface area contributed by atoms with Crippen LogP contribution in [0.3, 0.4) is 0 Å². The zero-order valence-electron chi connectivity index (χ0n) is 5.90. The smallest absolute Gasteiger partial charge is 0.185 e. The van der Waals surface area contributed by atoms with E-state index in [-0.39, 0.29) is 8.46 Å². The molecule has 0 saturated carbocycles. The van der Waals surface area contributed by atoms with Crippen molar-refractivity contribution in [3.05, 3.63) is 18.5 Å². The van der Waals surface area contributed by atoms with Gasteiger partial charge in [-0.25, -0.2) is 0 Å². The molecule has 0 aliphatic carbocycles. The molecule has 0 aliphatic heterocycles. The Labute approximate surface area is 61.3 Å². The van der Waals surface area contributed by atoms with Crippen LogP contribution in [0.5, 0.6) is 0 Å². The van der Waals surface area contributed by atoms with E-state index in [0.29, 0.717) is 0 Å². The lowest BCUT2D eigenvalue weighted by Gasteiger charge is -2.15. The lowest BCUT2D eigenvalue weighted by atomic mass is 10.4. The second-order valence-corrected chi connectivity index (χ2v) is 3.75. The van der Waals surface area contributed by atoms with Gasteiger partial charge in [-0.15, -0.1) is 0 Å². The van der Waals surface area contributed by atoms with Gasteiger partial charge in [0.25, 0.3) is 0 Å². The van der Waals surface area contributed by atoms with Crippen LogP contribution in [-0.4, -0.2) is 9.78 Å². The van der Waals surface area contributed by atoms with Crippen LogP contribution in [0, 0.1) is 6.20 Å². The molecule has 53 valence electrons. The molecule has 0 aromatic carbocycles. The van der Waals surface area contributed by atoms with Crippen LogP contribution in [0.4, 0.5) is 0 Å². The van der Waals surface area contributed by atoms with Crippen molar-refractivity contribution in [3.63, 3.8) is 0 Å². The largest absolute Gasteiger partial charge is 0.272 e. The van der Waals surface area contributed by atoms with Crippen LogP contribution in [0.1, 0.15) is 13.8 Å². The molecule has 0 fully saturated rings. The van der Waals surface area contributed by atoms with Gasteiger partial charge in [-0.3, -0.25) is 9.25 Å². The molecule has 0 aliphatic rings. The molecule has 4 heteroatoms. The van der Waals surface area contributed by atoms with Crippen molar-refractivity contribution >= 4 is 8.46 Å². The van der Waals surface area contributed by atoms with Gasteiger partial charge in [0.15, 0.2) is 8.46 Å². The first-order valence-corrected chi connectivity index (χ1v) is 3.75. The second-order valence-electron chi connectivity index (χ2n) is 2.48. The summed E-state index contributed by atoms with van der Waals surface area (Å²) < 4.78 is 12.2. The van der Waals surface area contributed by atoms with Gasteiger partial charge in [0.2, 0.25) is 0 Å². The molecule has 1 radical (unpaired) electrons. The lowest BCUT2D eigenvalue weighted by Crippen LogP contribution is -2.19. The van der Waals surface area contributed by atoms with Crippen LogP contribution < -0.4 is 0 Å². The first kappa shape index (κ1) is 7.42. The van der Waals surface area contributed by atoms with E-state index in [9.17, 15) is 4.57 Å². The van der Waals surface area contributed by atoms with Crippen LogP contribution in [0.25, 0.3) is 0 Å². The first-order valence-electron chi connectivity index (χ1n) is 2.93. The third kappa shape index (κ3) is 1.24. The lowest BCUT2D eigenvalue weighted by molar-refractivity contribution is 0.449. The number of hydrogen-bond donors (Lipinski definition) is 0. The maximum absolute atomic E-state index is 10.5. The van der Waals surface area contributed by atoms with E-state index in [0.717, 1.165) is 0 Å². The minimum atomic E-state index is -0.444. The zero-order valence-corrected chi connectivity index (χ0v) is 6.80. The predicted molar refractivity (Wildman–Crippen MR) is 38.0 cm³/mol. The summed E-state index contributed by atoms with van der Waals surface area (Å²) in [5.41, 5.74) is 0. The monoisotopic (exact) mass is 155 g/mol. The van der Waals surface area contributed by atoms with E-state index in [1.807, 2.05) is 13.8 Å². The Balaban J connectivity index is 2.95. The normalized spacial score (nSPS) is 12.2. The molecule has 0 unspecified atom stereocenters. The van der Waals surface area contributed by atoms with Gasteiger partial charge in [-0.1, -0.05) is 0 Å². The minimum absolute atomic E-state index is 0.0623. The Kier molecular flexibility index (Phi) is 1.86. The summed E-state index contributed by atoms with van der Waals surface area (Å²) in [6, 6.07) is 1.69. The summed E-state index contributed by atoms with van der Waals surface area (Å²) in [6.45, 7) is 3.67. The number of aromatic nitrogens is 2. The Morgan fingerprint density at radius 1 is 1.70 bits per heavy atom. The fourth-order valence-corrected chi connectivity index (χ4v) is 0.774. The molecule has 1 rings (SSSR count). The molecule has 1 heterocycles. The van der Waals surface area contributed by atoms with Gasteiger partial charge in [0.1, 0.15) is 11.5 Å². The van der Waals surface area contributed by atoms with E-state index in [4.69, 9.17) is 0 Å². The van der Waals surface area contributed by atoms with E-state index < -0.39 is 5.28 Å². The quantitative estimate of drug-likeness (QED) is 0.609. The third-order valence-corrected chi connectivity index (χ3v) is 1.89. The zero-order chi connectivity index (χ0) is 7.61. The summed E-state index contributed by atoms with van der Waals surface area (Å²) in [5.74, 6) is 0. The summed E-state index contributed by atoms with van der Waals surface area (Å²) in [4.78, 5) is 0. The molecular weight excluding hydrogens is 147 g/mol. The molecule has 1 aromatic heterocycles. The van der Waals surface area contributed by atoms with Crippen LogP contribution in [0.2, 0.25) is 0 Å². The van der Waals surface area contributed by atoms with Gasteiger partial charge >= 0.3 is 0 Å². The molecule has 3 nitrogen and oxygen atoms in total. The molecule has 0 bridgehead atoms. The standard InChI is InChI=1S/C6H8N2OP/c1-6(2,10-9)8-5-3-4-7-8/h3,5H,1-2H3. The summed E-state index contributed by atoms with van der Waals surface area (Å²) >= 11 is 0. The molecule has 0 amide bonds. The van der Waals surface area contributed by atoms with Crippen molar-refractivity contribution in [1.82, 2.24) is 9.78 Å². The van der Waals surface area contributed by atoms with E-state index >= 15 is 0 Å². The van der Waals surface area contributed by atoms with Crippen molar-refractivity contribution in [2.75, 3.05) is 0 Å². The second kappa shape index (κ2) is 2.51. The average molecular weight is 155 g/mol. The number of rotatable bonds is 2. The predicted octanol–water partition coefficient (Wildman–Crippen LogP) is 1.67. The fraction of sp³-hybridized carbons (Fsp3) is 0.500. The van der Waals surface area contributed by atoms with Gasteiger partial charge in [0, 0.05) is 6.20 Å². The molecular formula is C6H8N2OP. The molecule has 0 saturated heterocycles. The highest BCUT2D eigenvalue weighted by Gasteiger charge is 2.19. The molecule has 0 spiro atoms. The van der Waals surface area contributed by atoms with E-state index in [2.05, 4.69) is 11.3 Å². The summed E-state index contributed by atoms with van der Waals surface area (Å²) in [5, 5.41) is 3.40. The Hall–Kier alpha value is -0.690. The van der Waals surface area contributed by atoms with Crippen molar-refractivity contribution < 1.29 is 4.57 Å². The SMILES string of the molecule is CC(C)(P=O)n1cc[c]n1. The van der Waals surface area contributed by atoms with Crippen LogP contribution >= 0.6 is 8.46 Å². The third-order valence-electron chi connectivity index (χ3n) is 1.24. The maximum Gasteiger partial charge on any atom is 0.185 e. The highest BCUT2D eigenvalue weighted by atomic mass is 31.1. The van der Waals surface area contributed by atoms with Crippen LogP contribution in [0.15, 0.2) is 12.3 Å². The van der Waals surface area contributed by atoms with Gasteiger partial charge < -0.3 is 0 Å². The van der Waals surface area contributed by atoms with Crippen LogP contribution in [-0.2, 0) is 9.85 Å². The average Bonchev–Trinajstić information content (AvgIpc) is 2.38. The van der Waals surface area contributed by atoms with Crippen molar-refractivity contribution in [1.29, 1.82) is 0 Å². The first-order chi connectivity index (χ1) is 4.67. The van der Waals surface area contributed by atoms with Gasteiger partial charge in [0.05, 0.1) is 0 Å².